The van der Waals surface area contributed by atoms with Crippen molar-refractivity contribution in [3.8, 4) is 5.75 Å². The van der Waals surface area contributed by atoms with E-state index in [4.69, 9.17) is 4.74 Å². The van der Waals surface area contributed by atoms with Gasteiger partial charge >= 0.3 is 0 Å². The number of rotatable bonds is 12. The van der Waals surface area contributed by atoms with Crippen LogP contribution in [0.1, 0.15) is 63.0 Å². The van der Waals surface area contributed by atoms with Crippen LogP contribution in [0.3, 0.4) is 0 Å². The number of non-ortho nitro benzene ring substituents is 1. The zero-order chi connectivity index (χ0) is 19.3. The molecule has 0 spiro atoms. The van der Waals surface area contributed by atoms with Crippen LogP contribution in [0.4, 0.5) is 5.69 Å². The van der Waals surface area contributed by atoms with Gasteiger partial charge < -0.3 is 4.74 Å². The molecule has 27 heavy (non-hydrogen) atoms. The Bertz CT molecular complexity index is 705. The van der Waals surface area contributed by atoms with Crippen LogP contribution < -0.4 is 4.74 Å². The van der Waals surface area contributed by atoms with Gasteiger partial charge in [0.15, 0.2) is 0 Å². The lowest BCUT2D eigenvalue weighted by Gasteiger charge is -2.06. The molecular formula is C23H29NO3. The molecule has 0 aliphatic heterocycles. The highest BCUT2D eigenvalue weighted by Crippen LogP contribution is 2.17. The number of hydrogen-bond donors (Lipinski definition) is 0. The Labute approximate surface area is 162 Å². The number of ether oxygens (including phenoxy) is 1. The van der Waals surface area contributed by atoms with Crippen LogP contribution in [0, 0.1) is 10.1 Å². The molecule has 0 aliphatic rings. The highest BCUT2D eigenvalue weighted by Gasteiger charge is 2.02. The molecule has 4 nitrogen and oxygen atoms in total. The summed E-state index contributed by atoms with van der Waals surface area (Å²) in [6.07, 6.45) is 12.9. The van der Waals surface area contributed by atoms with Crippen LogP contribution in [0.25, 0.3) is 12.2 Å². The summed E-state index contributed by atoms with van der Waals surface area (Å²) in [5.41, 5.74) is 2.10. The van der Waals surface area contributed by atoms with E-state index in [0.717, 1.165) is 29.9 Å². The monoisotopic (exact) mass is 367 g/mol. The molecule has 0 fully saturated rings. The van der Waals surface area contributed by atoms with E-state index in [2.05, 4.69) is 6.92 Å². The van der Waals surface area contributed by atoms with Gasteiger partial charge in [0.2, 0.25) is 0 Å². The SMILES string of the molecule is CCCCCCCCCOc1ccc(/C=C/c2ccc([N+](=O)[O-])cc2)cc1. The molecular weight excluding hydrogens is 338 g/mol. The van der Waals surface area contributed by atoms with E-state index < -0.39 is 4.92 Å². The summed E-state index contributed by atoms with van der Waals surface area (Å²) in [6.45, 7) is 3.01. The van der Waals surface area contributed by atoms with Crippen LogP contribution >= 0.6 is 0 Å². The molecule has 4 heteroatoms. The van der Waals surface area contributed by atoms with Crippen molar-refractivity contribution >= 4 is 17.8 Å². The van der Waals surface area contributed by atoms with Crippen molar-refractivity contribution in [2.24, 2.45) is 0 Å². The van der Waals surface area contributed by atoms with E-state index in [1.165, 1.54) is 50.7 Å². The first-order valence-electron chi connectivity index (χ1n) is 9.84. The zero-order valence-corrected chi connectivity index (χ0v) is 16.1. The number of hydrogen-bond acceptors (Lipinski definition) is 3. The Morgan fingerprint density at radius 3 is 1.89 bits per heavy atom. The van der Waals surface area contributed by atoms with Gasteiger partial charge in [0, 0.05) is 12.1 Å². The Kier molecular flexibility index (Phi) is 9.11. The van der Waals surface area contributed by atoms with E-state index in [0.29, 0.717) is 0 Å². The molecule has 144 valence electrons. The van der Waals surface area contributed by atoms with Gasteiger partial charge in [0.25, 0.3) is 5.69 Å². The van der Waals surface area contributed by atoms with E-state index >= 15 is 0 Å². The summed E-state index contributed by atoms with van der Waals surface area (Å²) in [5.74, 6) is 0.897. The van der Waals surface area contributed by atoms with Crippen LogP contribution in [0.2, 0.25) is 0 Å². The normalized spacial score (nSPS) is 11.0. The molecule has 0 atom stereocenters. The van der Waals surface area contributed by atoms with Gasteiger partial charge in [-0.2, -0.15) is 0 Å². The molecule has 0 heterocycles. The van der Waals surface area contributed by atoms with Crippen molar-refractivity contribution < 1.29 is 9.66 Å². The van der Waals surface area contributed by atoms with Gasteiger partial charge in [-0.3, -0.25) is 10.1 Å². The molecule has 0 bridgehead atoms. The van der Waals surface area contributed by atoms with E-state index in [1.54, 1.807) is 12.1 Å². The molecule has 0 N–H and O–H groups in total. The Morgan fingerprint density at radius 1 is 0.815 bits per heavy atom. The Hall–Kier alpha value is -2.62. The topological polar surface area (TPSA) is 52.4 Å². The first kappa shape index (κ1) is 20.7. The average Bonchev–Trinajstić information content (AvgIpc) is 2.69. The first-order chi connectivity index (χ1) is 13.2. The third-order valence-corrected chi connectivity index (χ3v) is 4.47. The van der Waals surface area contributed by atoms with Crippen LogP contribution in [0.15, 0.2) is 48.5 Å². The fourth-order valence-electron chi connectivity index (χ4n) is 2.82. The fraction of sp³-hybridized carbons (Fsp3) is 0.391. The molecule has 2 rings (SSSR count). The highest BCUT2D eigenvalue weighted by molar-refractivity contribution is 5.70. The van der Waals surface area contributed by atoms with Crippen molar-refractivity contribution in [2.45, 2.75) is 51.9 Å². The maximum absolute atomic E-state index is 10.7. The van der Waals surface area contributed by atoms with Gasteiger partial charge in [-0.05, 0) is 41.8 Å². The molecule has 0 aliphatic carbocycles. The lowest BCUT2D eigenvalue weighted by molar-refractivity contribution is -0.384. The van der Waals surface area contributed by atoms with Gasteiger partial charge in [0.1, 0.15) is 5.75 Å². The highest BCUT2D eigenvalue weighted by atomic mass is 16.6. The number of nitro groups is 1. The second-order valence-corrected chi connectivity index (χ2v) is 6.72. The molecule has 0 saturated carbocycles. The summed E-state index contributed by atoms with van der Waals surface area (Å²) in [6, 6.07) is 14.5. The predicted molar refractivity (Wildman–Crippen MR) is 112 cm³/mol. The van der Waals surface area contributed by atoms with Crippen LogP contribution in [-0.2, 0) is 0 Å². The molecule has 0 amide bonds. The van der Waals surface area contributed by atoms with Crippen LogP contribution in [0.5, 0.6) is 5.75 Å². The summed E-state index contributed by atoms with van der Waals surface area (Å²) >= 11 is 0. The summed E-state index contributed by atoms with van der Waals surface area (Å²) in [5, 5.41) is 10.7. The minimum atomic E-state index is -0.390. The van der Waals surface area contributed by atoms with Crippen LogP contribution in [-0.4, -0.2) is 11.5 Å². The Morgan fingerprint density at radius 2 is 1.33 bits per heavy atom. The summed E-state index contributed by atoms with van der Waals surface area (Å²) < 4.78 is 5.80. The predicted octanol–water partition coefficient (Wildman–Crippen LogP) is 6.89. The number of unbranched alkanes of at least 4 members (excludes halogenated alkanes) is 6. The molecule has 0 radical (unpaired) electrons. The largest absolute Gasteiger partial charge is 0.494 e. The maximum Gasteiger partial charge on any atom is 0.269 e. The molecule has 0 aromatic heterocycles. The average molecular weight is 367 g/mol. The second kappa shape index (κ2) is 11.9. The fourth-order valence-corrected chi connectivity index (χ4v) is 2.82. The number of benzene rings is 2. The smallest absolute Gasteiger partial charge is 0.269 e. The van der Waals surface area contributed by atoms with Gasteiger partial charge in [-0.15, -0.1) is 0 Å². The molecule has 2 aromatic rings. The minimum Gasteiger partial charge on any atom is -0.494 e. The van der Waals surface area contributed by atoms with Gasteiger partial charge in [-0.25, -0.2) is 0 Å². The number of nitrogens with zero attached hydrogens (tertiary/aromatic N) is 1. The van der Waals surface area contributed by atoms with E-state index in [9.17, 15) is 10.1 Å². The lowest BCUT2D eigenvalue weighted by Crippen LogP contribution is -1.97. The number of nitro benzene ring substituents is 1. The van der Waals surface area contributed by atoms with Crippen molar-refractivity contribution in [3.05, 3.63) is 69.8 Å². The van der Waals surface area contributed by atoms with Crippen molar-refractivity contribution in [3.63, 3.8) is 0 Å². The molecule has 0 saturated heterocycles. The van der Waals surface area contributed by atoms with E-state index in [1.807, 2.05) is 36.4 Å². The van der Waals surface area contributed by atoms with Gasteiger partial charge in [0.05, 0.1) is 11.5 Å². The first-order valence-corrected chi connectivity index (χ1v) is 9.84. The van der Waals surface area contributed by atoms with Gasteiger partial charge in [-0.1, -0.05) is 69.7 Å². The maximum atomic E-state index is 10.7. The third kappa shape index (κ3) is 8.07. The quantitative estimate of drug-likeness (QED) is 0.177. The summed E-state index contributed by atoms with van der Waals surface area (Å²) in [4.78, 5) is 10.3. The second-order valence-electron chi connectivity index (χ2n) is 6.72. The minimum absolute atomic E-state index is 0.106. The Balaban J connectivity index is 1.70. The van der Waals surface area contributed by atoms with Crippen molar-refractivity contribution in [2.75, 3.05) is 6.61 Å². The van der Waals surface area contributed by atoms with Crippen molar-refractivity contribution in [1.29, 1.82) is 0 Å². The zero-order valence-electron chi connectivity index (χ0n) is 16.1. The van der Waals surface area contributed by atoms with E-state index in [-0.39, 0.29) is 5.69 Å². The molecule has 2 aromatic carbocycles. The molecule has 0 unspecified atom stereocenters. The summed E-state index contributed by atoms with van der Waals surface area (Å²) in [7, 11) is 0. The standard InChI is InChI=1S/C23H29NO3/c1-2-3-4-5-6-7-8-19-27-23-17-13-21(14-18-23)10-9-20-11-15-22(16-12-20)24(25)26/h9-18H,2-8,19H2,1H3/b10-9+. The third-order valence-electron chi connectivity index (χ3n) is 4.47. The van der Waals surface area contributed by atoms with Crippen molar-refractivity contribution in [1.82, 2.24) is 0 Å². The lowest BCUT2D eigenvalue weighted by atomic mass is 10.1.